The standard InChI is InChI=1S/C13H19FN2O3/c1-9(8-17)16-13(18)15-6-5-10-3-4-11(19-2)7-12(10)14/h3-4,7,9,17H,5-6,8H2,1-2H3,(H2,15,16,18)/t9-/m0/s1. The molecule has 0 saturated heterocycles. The highest BCUT2D eigenvalue weighted by atomic mass is 19.1. The van der Waals surface area contributed by atoms with Crippen molar-refractivity contribution < 1.29 is 19.0 Å². The zero-order valence-electron chi connectivity index (χ0n) is 11.1. The van der Waals surface area contributed by atoms with Crippen molar-refractivity contribution in [1.29, 1.82) is 0 Å². The zero-order chi connectivity index (χ0) is 14.3. The predicted octanol–water partition coefficient (Wildman–Crippen LogP) is 1.06. The predicted molar refractivity (Wildman–Crippen MR) is 69.7 cm³/mol. The number of carbonyl (C=O) groups is 1. The Morgan fingerprint density at radius 2 is 2.26 bits per heavy atom. The monoisotopic (exact) mass is 270 g/mol. The molecule has 6 heteroatoms. The van der Waals surface area contributed by atoms with Crippen LogP contribution < -0.4 is 15.4 Å². The van der Waals surface area contributed by atoms with Crippen LogP contribution in [0, 0.1) is 5.82 Å². The average Bonchev–Trinajstić information content (AvgIpc) is 2.40. The summed E-state index contributed by atoms with van der Waals surface area (Å²) in [6, 6.07) is 3.92. The smallest absolute Gasteiger partial charge is 0.315 e. The molecule has 0 bridgehead atoms. The van der Waals surface area contributed by atoms with Gasteiger partial charge in [-0.25, -0.2) is 9.18 Å². The summed E-state index contributed by atoms with van der Waals surface area (Å²) in [6.07, 6.45) is 0.386. The van der Waals surface area contributed by atoms with Crippen LogP contribution in [0.1, 0.15) is 12.5 Å². The molecule has 1 atom stereocenters. The maximum atomic E-state index is 13.6. The summed E-state index contributed by atoms with van der Waals surface area (Å²) < 4.78 is 18.5. The van der Waals surface area contributed by atoms with E-state index >= 15 is 0 Å². The van der Waals surface area contributed by atoms with Crippen molar-refractivity contribution in [2.45, 2.75) is 19.4 Å². The molecule has 0 aliphatic rings. The van der Waals surface area contributed by atoms with Crippen LogP contribution in [0.25, 0.3) is 0 Å². The maximum Gasteiger partial charge on any atom is 0.315 e. The van der Waals surface area contributed by atoms with E-state index in [0.29, 0.717) is 24.3 Å². The van der Waals surface area contributed by atoms with Gasteiger partial charge in [0, 0.05) is 12.6 Å². The molecule has 3 N–H and O–H groups in total. The third kappa shape index (κ3) is 5.13. The second-order valence-electron chi connectivity index (χ2n) is 4.19. The molecule has 0 radical (unpaired) electrons. The summed E-state index contributed by atoms with van der Waals surface area (Å²) in [5.41, 5.74) is 0.510. The lowest BCUT2D eigenvalue weighted by atomic mass is 10.1. The van der Waals surface area contributed by atoms with Crippen LogP contribution in [-0.4, -0.2) is 37.4 Å². The van der Waals surface area contributed by atoms with E-state index in [1.54, 1.807) is 19.1 Å². The molecule has 1 aromatic carbocycles. The summed E-state index contributed by atoms with van der Waals surface area (Å²) in [7, 11) is 1.47. The second kappa shape index (κ2) is 7.58. The molecule has 0 aliphatic heterocycles. The van der Waals surface area contributed by atoms with Gasteiger partial charge in [-0.15, -0.1) is 0 Å². The van der Waals surface area contributed by atoms with E-state index in [2.05, 4.69) is 10.6 Å². The highest BCUT2D eigenvalue weighted by Gasteiger charge is 2.07. The number of hydrogen-bond donors (Lipinski definition) is 3. The van der Waals surface area contributed by atoms with E-state index in [1.807, 2.05) is 0 Å². The Morgan fingerprint density at radius 3 is 2.84 bits per heavy atom. The van der Waals surface area contributed by atoms with Gasteiger partial charge < -0.3 is 20.5 Å². The minimum absolute atomic E-state index is 0.124. The van der Waals surface area contributed by atoms with Crippen LogP contribution in [-0.2, 0) is 6.42 Å². The molecular weight excluding hydrogens is 251 g/mol. The number of carbonyl (C=O) groups excluding carboxylic acids is 1. The molecule has 0 aliphatic carbocycles. The van der Waals surface area contributed by atoms with E-state index < -0.39 is 0 Å². The van der Waals surface area contributed by atoms with Crippen molar-refractivity contribution in [3.05, 3.63) is 29.6 Å². The fraction of sp³-hybridized carbons (Fsp3) is 0.462. The van der Waals surface area contributed by atoms with Crippen LogP contribution >= 0.6 is 0 Å². The van der Waals surface area contributed by atoms with Gasteiger partial charge in [-0.3, -0.25) is 0 Å². The molecule has 2 amide bonds. The number of aliphatic hydroxyl groups is 1. The number of aliphatic hydroxyl groups excluding tert-OH is 1. The molecule has 0 aromatic heterocycles. The SMILES string of the molecule is COc1ccc(CCNC(=O)N[C@@H](C)CO)c(F)c1. The Bertz CT molecular complexity index is 426. The molecule has 19 heavy (non-hydrogen) atoms. The van der Waals surface area contributed by atoms with E-state index in [1.165, 1.54) is 13.2 Å². The minimum atomic E-state index is -0.379. The van der Waals surface area contributed by atoms with Crippen molar-refractivity contribution in [2.75, 3.05) is 20.3 Å². The molecule has 1 aromatic rings. The van der Waals surface area contributed by atoms with Gasteiger partial charge in [0.15, 0.2) is 0 Å². The van der Waals surface area contributed by atoms with Crippen LogP contribution in [0.15, 0.2) is 18.2 Å². The number of amides is 2. The van der Waals surface area contributed by atoms with Gasteiger partial charge in [-0.05, 0) is 25.0 Å². The Labute approximate surface area is 111 Å². The highest BCUT2D eigenvalue weighted by Crippen LogP contribution is 2.16. The summed E-state index contributed by atoms with van der Waals surface area (Å²) >= 11 is 0. The lowest BCUT2D eigenvalue weighted by Gasteiger charge is -2.12. The lowest BCUT2D eigenvalue weighted by molar-refractivity contribution is 0.220. The van der Waals surface area contributed by atoms with Crippen LogP contribution in [0.2, 0.25) is 0 Å². The Hall–Kier alpha value is -1.82. The largest absolute Gasteiger partial charge is 0.497 e. The lowest BCUT2D eigenvalue weighted by Crippen LogP contribution is -2.42. The normalized spacial score (nSPS) is 11.8. The zero-order valence-corrected chi connectivity index (χ0v) is 11.1. The van der Waals surface area contributed by atoms with E-state index in [9.17, 15) is 9.18 Å². The van der Waals surface area contributed by atoms with Gasteiger partial charge in [0.25, 0.3) is 0 Å². The first-order valence-corrected chi connectivity index (χ1v) is 6.04. The van der Waals surface area contributed by atoms with Crippen molar-refractivity contribution in [3.8, 4) is 5.75 Å². The van der Waals surface area contributed by atoms with Gasteiger partial charge in [-0.2, -0.15) is 0 Å². The van der Waals surface area contributed by atoms with Crippen LogP contribution in [0.3, 0.4) is 0 Å². The van der Waals surface area contributed by atoms with E-state index in [-0.39, 0.29) is 24.5 Å². The Balaban J connectivity index is 2.39. The molecule has 0 saturated carbocycles. The average molecular weight is 270 g/mol. The van der Waals surface area contributed by atoms with Gasteiger partial charge >= 0.3 is 6.03 Å². The molecule has 0 fully saturated rings. The van der Waals surface area contributed by atoms with E-state index in [0.717, 1.165) is 0 Å². The first kappa shape index (κ1) is 15.2. The first-order valence-electron chi connectivity index (χ1n) is 6.04. The summed E-state index contributed by atoms with van der Waals surface area (Å²) in [4.78, 5) is 11.3. The van der Waals surface area contributed by atoms with Crippen LogP contribution in [0.4, 0.5) is 9.18 Å². The minimum Gasteiger partial charge on any atom is -0.497 e. The molecule has 106 valence electrons. The van der Waals surface area contributed by atoms with Gasteiger partial charge in [0.1, 0.15) is 11.6 Å². The number of methoxy groups -OCH3 is 1. The fourth-order valence-electron chi connectivity index (χ4n) is 1.49. The fourth-order valence-corrected chi connectivity index (χ4v) is 1.49. The highest BCUT2D eigenvalue weighted by molar-refractivity contribution is 5.74. The number of hydrogen-bond acceptors (Lipinski definition) is 3. The summed E-state index contributed by atoms with van der Waals surface area (Å²) in [5, 5.41) is 13.9. The Kier molecular flexibility index (Phi) is 6.08. The van der Waals surface area contributed by atoms with Crippen molar-refractivity contribution in [2.24, 2.45) is 0 Å². The van der Waals surface area contributed by atoms with E-state index in [4.69, 9.17) is 9.84 Å². The number of ether oxygens (including phenoxy) is 1. The molecule has 0 spiro atoms. The van der Waals surface area contributed by atoms with Crippen molar-refractivity contribution >= 4 is 6.03 Å². The van der Waals surface area contributed by atoms with Gasteiger partial charge in [-0.1, -0.05) is 6.07 Å². The topological polar surface area (TPSA) is 70.6 Å². The van der Waals surface area contributed by atoms with Crippen molar-refractivity contribution in [1.82, 2.24) is 10.6 Å². The Morgan fingerprint density at radius 1 is 1.53 bits per heavy atom. The van der Waals surface area contributed by atoms with Crippen LogP contribution in [0.5, 0.6) is 5.75 Å². The van der Waals surface area contributed by atoms with Gasteiger partial charge in [0.05, 0.1) is 19.8 Å². The molecule has 1 rings (SSSR count). The third-order valence-corrected chi connectivity index (χ3v) is 2.59. The number of rotatable bonds is 6. The molecule has 0 heterocycles. The number of benzene rings is 1. The molecule has 5 nitrogen and oxygen atoms in total. The molecule has 0 unspecified atom stereocenters. The molecular formula is C13H19FN2O3. The number of urea groups is 1. The quantitative estimate of drug-likeness (QED) is 0.724. The maximum absolute atomic E-state index is 13.6. The summed E-state index contributed by atoms with van der Waals surface area (Å²) in [5.74, 6) is 0.106. The summed E-state index contributed by atoms with van der Waals surface area (Å²) in [6.45, 7) is 1.87. The number of halogens is 1. The first-order chi connectivity index (χ1) is 9.06. The number of nitrogens with one attached hydrogen (secondary N) is 2. The second-order valence-corrected chi connectivity index (χ2v) is 4.19. The third-order valence-electron chi connectivity index (χ3n) is 2.59. The van der Waals surface area contributed by atoms with Crippen molar-refractivity contribution in [3.63, 3.8) is 0 Å². The van der Waals surface area contributed by atoms with Gasteiger partial charge in [0.2, 0.25) is 0 Å².